The second-order valence-corrected chi connectivity index (χ2v) is 5.93. The summed E-state index contributed by atoms with van der Waals surface area (Å²) >= 11 is 0. The van der Waals surface area contributed by atoms with Gasteiger partial charge in [-0.1, -0.05) is 0 Å². The fraction of sp³-hybridized carbons (Fsp3) is 0.105. The highest BCUT2D eigenvalue weighted by atomic mass is 16.1. The van der Waals surface area contributed by atoms with Crippen LogP contribution in [0.15, 0.2) is 55.2 Å². The summed E-state index contributed by atoms with van der Waals surface area (Å²) < 4.78 is 1.79. The Kier molecular flexibility index (Phi) is 3.89. The van der Waals surface area contributed by atoms with Crippen molar-refractivity contribution in [3.63, 3.8) is 0 Å². The SMILES string of the molecule is Cc1nc2ccc(C(=O)Nc3ccc(-n4ccnc4)nc3)cc2nc1C. The number of imidazole rings is 1. The predicted octanol–water partition coefficient (Wildman–Crippen LogP) is 3.08. The first-order valence-corrected chi connectivity index (χ1v) is 8.11. The van der Waals surface area contributed by atoms with Crippen LogP contribution in [0.2, 0.25) is 0 Å². The number of hydrogen-bond donors (Lipinski definition) is 1. The first-order valence-electron chi connectivity index (χ1n) is 8.11. The number of benzene rings is 1. The van der Waals surface area contributed by atoms with Crippen LogP contribution in [0.5, 0.6) is 0 Å². The van der Waals surface area contributed by atoms with Gasteiger partial charge < -0.3 is 5.32 Å². The van der Waals surface area contributed by atoms with Gasteiger partial charge in [0.15, 0.2) is 0 Å². The number of carbonyl (C=O) groups is 1. The summed E-state index contributed by atoms with van der Waals surface area (Å²) in [7, 11) is 0. The van der Waals surface area contributed by atoms with Crippen LogP contribution in [0.3, 0.4) is 0 Å². The van der Waals surface area contributed by atoms with Crippen molar-refractivity contribution in [2.24, 2.45) is 0 Å². The summed E-state index contributed by atoms with van der Waals surface area (Å²) in [6, 6.07) is 8.92. The summed E-state index contributed by atoms with van der Waals surface area (Å²) in [6.07, 6.45) is 6.77. The highest BCUT2D eigenvalue weighted by molar-refractivity contribution is 6.05. The van der Waals surface area contributed by atoms with E-state index < -0.39 is 0 Å². The number of amides is 1. The van der Waals surface area contributed by atoms with Gasteiger partial charge in [-0.25, -0.2) is 19.9 Å². The third kappa shape index (κ3) is 3.02. The van der Waals surface area contributed by atoms with E-state index in [9.17, 15) is 4.79 Å². The van der Waals surface area contributed by atoms with E-state index in [0.29, 0.717) is 16.8 Å². The Bertz CT molecular complexity index is 1090. The molecule has 0 aliphatic carbocycles. The van der Waals surface area contributed by atoms with Gasteiger partial charge in [0, 0.05) is 18.0 Å². The Labute approximate surface area is 149 Å². The fourth-order valence-electron chi connectivity index (χ4n) is 2.58. The molecule has 4 aromatic rings. The Morgan fingerprint density at radius 3 is 2.54 bits per heavy atom. The van der Waals surface area contributed by atoms with Crippen LogP contribution < -0.4 is 5.32 Å². The van der Waals surface area contributed by atoms with Crippen molar-refractivity contribution in [1.82, 2.24) is 24.5 Å². The molecule has 0 saturated carbocycles. The Morgan fingerprint density at radius 1 is 1.04 bits per heavy atom. The van der Waals surface area contributed by atoms with E-state index >= 15 is 0 Å². The summed E-state index contributed by atoms with van der Waals surface area (Å²) in [4.78, 5) is 29.8. The number of rotatable bonds is 3. The maximum atomic E-state index is 12.5. The van der Waals surface area contributed by atoms with Crippen molar-refractivity contribution in [2.45, 2.75) is 13.8 Å². The molecular formula is C19H16N6O. The molecule has 7 heteroatoms. The second-order valence-electron chi connectivity index (χ2n) is 5.93. The van der Waals surface area contributed by atoms with Gasteiger partial charge in [0.1, 0.15) is 12.1 Å². The average Bonchev–Trinajstić information content (AvgIpc) is 3.17. The Hall–Kier alpha value is -3.61. The van der Waals surface area contributed by atoms with Crippen LogP contribution in [0.1, 0.15) is 21.7 Å². The van der Waals surface area contributed by atoms with Gasteiger partial charge in [-0.05, 0) is 44.2 Å². The van der Waals surface area contributed by atoms with Crippen LogP contribution in [0.25, 0.3) is 16.9 Å². The van der Waals surface area contributed by atoms with Crippen molar-refractivity contribution in [1.29, 1.82) is 0 Å². The molecule has 3 heterocycles. The smallest absolute Gasteiger partial charge is 0.255 e. The molecule has 3 aromatic heterocycles. The highest BCUT2D eigenvalue weighted by Gasteiger charge is 2.10. The summed E-state index contributed by atoms with van der Waals surface area (Å²) in [5, 5.41) is 2.85. The first-order chi connectivity index (χ1) is 12.6. The predicted molar refractivity (Wildman–Crippen MR) is 98.3 cm³/mol. The quantitative estimate of drug-likeness (QED) is 0.617. The van der Waals surface area contributed by atoms with Crippen LogP contribution in [-0.2, 0) is 0 Å². The van der Waals surface area contributed by atoms with Gasteiger partial charge in [-0.3, -0.25) is 9.36 Å². The van der Waals surface area contributed by atoms with E-state index in [4.69, 9.17) is 0 Å². The minimum absolute atomic E-state index is 0.218. The van der Waals surface area contributed by atoms with Gasteiger partial charge in [-0.2, -0.15) is 0 Å². The molecule has 0 saturated heterocycles. The highest BCUT2D eigenvalue weighted by Crippen LogP contribution is 2.16. The van der Waals surface area contributed by atoms with Gasteiger partial charge >= 0.3 is 0 Å². The van der Waals surface area contributed by atoms with E-state index in [1.807, 2.05) is 26.0 Å². The van der Waals surface area contributed by atoms with Crippen molar-refractivity contribution >= 4 is 22.6 Å². The van der Waals surface area contributed by atoms with Gasteiger partial charge in [0.05, 0.1) is 34.3 Å². The number of pyridine rings is 1. The number of aromatic nitrogens is 5. The van der Waals surface area contributed by atoms with Crippen LogP contribution in [0.4, 0.5) is 5.69 Å². The molecule has 1 aromatic carbocycles. The number of fused-ring (bicyclic) bond motifs is 1. The minimum atomic E-state index is -0.218. The molecule has 0 aliphatic heterocycles. The van der Waals surface area contributed by atoms with Crippen LogP contribution in [-0.4, -0.2) is 30.4 Å². The van der Waals surface area contributed by atoms with Gasteiger partial charge in [-0.15, -0.1) is 0 Å². The average molecular weight is 344 g/mol. The van der Waals surface area contributed by atoms with E-state index in [1.165, 1.54) is 0 Å². The molecule has 0 atom stereocenters. The molecule has 26 heavy (non-hydrogen) atoms. The largest absolute Gasteiger partial charge is 0.321 e. The van der Waals surface area contributed by atoms with E-state index in [1.54, 1.807) is 47.7 Å². The zero-order valence-electron chi connectivity index (χ0n) is 14.3. The van der Waals surface area contributed by atoms with Crippen molar-refractivity contribution < 1.29 is 4.79 Å². The topological polar surface area (TPSA) is 85.6 Å². The second kappa shape index (κ2) is 6.36. The first kappa shape index (κ1) is 15.9. The maximum Gasteiger partial charge on any atom is 0.255 e. The Balaban J connectivity index is 1.56. The van der Waals surface area contributed by atoms with Crippen molar-refractivity contribution in [2.75, 3.05) is 5.32 Å². The van der Waals surface area contributed by atoms with Gasteiger partial charge in [0.25, 0.3) is 5.91 Å². The van der Waals surface area contributed by atoms with E-state index in [0.717, 1.165) is 22.7 Å². The lowest BCUT2D eigenvalue weighted by molar-refractivity contribution is 0.102. The zero-order chi connectivity index (χ0) is 18.1. The third-order valence-electron chi connectivity index (χ3n) is 4.11. The lowest BCUT2D eigenvalue weighted by Gasteiger charge is -2.08. The molecule has 4 rings (SSSR count). The van der Waals surface area contributed by atoms with Crippen molar-refractivity contribution in [3.8, 4) is 5.82 Å². The molecule has 0 unspecified atom stereocenters. The van der Waals surface area contributed by atoms with E-state index in [2.05, 4.69) is 25.3 Å². The normalized spacial score (nSPS) is 10.8. The molecule has 128 valence electrons. The number of anilines is 1. The zero-order valence-corrected chi connectivity index (χ0v) is 14.3. The lowest BCUT2D eigenvalue weighted by Crippen LogP contribution is -2.12. The number of nitrogens with zero attached hydrogens (tertiary/aromatic N) is 5. The number of carbonyl (C=O) groups excluding carboxylic acids is 1. The molecule has 0 aliphatic rings. The number of nitrogens with one attached hydrogen (secondary N) is 1. The summed E-state index contributed by atoms with van der Waals surface area (Å²) in [5.41, 5.74) is 4.36. The van der Waals surface area contributed by atoms with Crippen LogP contribution >= 0.6 is 0 Å². The molecule has 1 N–H and O–H groups in total. The van der Waals surface area contributed by atoms with E-state index in [-0.39, 0.29) is 5.91 Å². The molecule has 7 nitrogen and oxygen atoms in total. The Morgan fingerprint density at radius 2 is 1.85 bits per heavy atom. The lowest BCUT2D eigenvalue weighted by atomic mass is 10.1. The molecule has 0 radical (unpaired) electrons. The molecule has 0 bridgehead atoms. The summed E-state index contributed by atoms with van der Waals surface area (Å²) in [6.45, 7) is 3.82. The van der Waals surface area contributed by atoms with Crippen LogP contribution in [0, 0.1) is 13.8 Å². The molecular weight excluding hydrogens is 328 g/mol. The van der Waals surface area contributed by atoms with Gasteiger partial charge in [0.2, 0.25) is 0 Å². The number of hydrogen-bond acceptors (Lipinski definition) is 5. The molecule has 0 fully saturated rings. The third-order valence-corrected chi connectivity index (χ3v) is 4.11. The fourth-order valence-corrected chi connectivity index (χ4v) is 2.58. The van der Waals surface area contributed by atoms with Crippen molar-refractivity contribution in [3.05, 3.63) is 72.2 Å². The maximum absolute atomic E-state index is 12.5. The standard InChI is InChI=1S/C19H16N6O/c1-12-13(2)23-17-9-14(3-5-16(17)22-12)19(26)24-15-4-6-18(21-10-15)25-8-7-20-11-25/h3-11H,1-2H3,(H,24,26). The summed E-state index contributed by atoms with van der Waals surface area (Å²) in [5.74, 6) is 0.511. The molecule has 1 amide bonds. The number of aryl methyl sites for hydroxylation is 2. The molecule has 0 spiro atoms. The minimum Gasteiger partial charge on any atom is -0.321 e. The monoisotopic (exact) mass is 344 g/mol.